The minimum absolute atomic E-state index is 0.0785. The average molecular weight is 343 g/mol. The Kier molecular flexibility index (Phi) is 5.51. The van der Waals surface area contributed by atoms with Gasteiger partial charge in [-0.15, -0.1) is 0 Å². The lowest BCUT2D eigenvalue weighted by Gasteiger charge is -2.33. The SMILES string of the molecule is CC(CC(=O)N1CCCCC1C(=O)O)c1ccc(C(F)(F)F)cc1. The highest BCUT2D eigenvalue weighted by Gasteiger charge is 2.33. The average Bonchev–Trinajstić information content (AvgIpc) is 2.54. The van der Waals surface area contributed by atoms with Gasteiger partial charge < -0.3 is 10.0 Å². The van der Waals surface area contributed by atoms with Crippen molar-refractivity contribution in [2.75, 3.05) is 6.54 Å². The summed E-state index contributed by atoms with van der Waals surface area (Å²) in [5, 5.41) is 9.22. The van der Waals surface area contributed by atoms with Gasteiger partial charge in [0.1, 0.15) is 6.04 Å². The molecule has 2 unspecified atom stereocenters. The molecule has 1 aromatic rings. The van der Waals surface area contributed by atoms with Gasteiger partial charge in [0, 0.05) is 13.0 Å². The number of amides is 1. The van der Waals surface area contributed by atoms with E-state index >= 15 is 0 Å². The normalized spacial score (nSPS) is 19.8. The zero-order chi connectivity index (χ0) is 17.9. The van der Waals surface area contributed by atoms with Crippen LogP contribution in [0, 0.1) is 0 Å². The molecule has 132 valence electrons. The Morgan fingerprint density at radius 1 is 1.25 bits per heavy atom. The number of carboxylic acids is 1. The molecule has 24 heavy (non-hydrogen) atoms. The molecule has 1 amide bonds. The number of hydrogen-bond acceptors (Lipinski definition) is 2. The van der Waals surface area contributed by atoms with Crippen LogP contribution in [0.4, 0.5) is 13.2 Å². The highest BCUT2D eigenvalue weighted by molar-refractivity contribution is 5.84. The van der Waals surface area contributed by atoms with Gasteiger partial charge >= 0.3 is 12.1 Å². The van der Waals surface area contributed by atoms with Gasteiger partial charge in [0.05, 0.1) is 5.56 Å². The molecule has 1 heterocycles. The summed E-state index contributed by atoms with van der Waals surface area (Å²) in [7, 11) is 0. The molecule has 1 fully saturated rings. The van der Waals surface area contributed by atoms with Gasteiger partial charge in [0.15, 0.2) is 0 Å². The fraction of sp³-hybridized carbons (Fsp3) is 0.529. The van der Waals surface area contributed by atoms with Crippen molar-refractivity contribution in [3.8, 4) is 0 Å². The monoisotopic (exact) mass is 343 g/mol. The molecule has 2 rings (SSSR count). The second kappa shape index (κ2) is 7.23. The lowest BCUT2D eigenvalue weighted by molar-refractivity contribution is -0.152. The Hall–Kier alpha value is -2.05. The van der Waals surface area contributed by atoms with Crippen molar-refractivity contribution in [2.24, 2.45) is 0 Å². The molecule has 0 radical (unpaired) electrons. The first-order chi connectivity index (χ1) is 11.2. The van der Waals surface area contributed by atoms with E-state index in [-0.39, 0.29) is 18.2 Å². The molecule has 0 aliphatic carbocycles. The van der Waals surface area contributed by atoms with Crippen LogP contribution in [0.3, 0.4) is 0 Å². The predicted octanol–water partition coefficient (Wildman–Crippen LogP) is 3.66. The van der Waals surface area contributed by atoms with Gasteiger partial charge in [0.25, 0.3) is 0 Å². The van der Waals surface area contributed by atoms with E-state index in [1.807, 2.05) is 0 Å². The molecule has 0 aromatic heterocycles. The first kappa shape index (κ1) is 18.3. The number of benzene rings is 1. The van der Waals surface area contributed by atoms with E-state index in [4.69, 9.17) is 0 Å². The zero-order valence-electron chi connectivity index (χ0n) is 13.3. The van der Waals surface area contributed by atoms with Crippen LogP contribution in [0.5, 0.6) is 0 Å². The van der Waals surface area contributed by atoms with Crippen LogP contribution >= 0.6 is 0 Å². The summed E-state index contributed by atoms with van der Waals surface area (Å²) in [6.45, 7) is 2.16. The molecule has 0 spiro atoms. The van der Waals surface area contributed by atoms with Crippen molar-refractivity contribution in [3.05, 3.63) is 35.4 Å². The molecular formula is C17H20F3NO3. The number of likely N-dealkylation sites (tertiary alicyclic amines) is 1. The van der Waals surface area contributed by atoms with Gasteiger partial charge in [-0.3, -0.25) is 4.79 Å². The molecule has 1 aliphatic heterocycles. The van der Waals surface area contributed by atoms with Gasteiger partial charge in [-0.1, -0.05) is 19.1 Å². The van der Waals surface area contributed by atoms with Crippen molar-refractivity contribution in [2.45, 2.75) is 50.7 Å². The van der Waals surface area contributed by atoms with Crippen LogP contribution in [0.15, 0.2) is 24.3 Å². The number of alkyl halides is 3. The van der Waals surface area contributed by atoms with Crippen LogP contribution in [0.1, 0.15) is 49.7 Å². The first-order valence-electron chi connectivity index (χ1n) is 7.89. The highest BCUT2D eigenvalue weighted by Crippen LogP contribution is 2.31. The van der Waals surface area contributed by atoms with Crippen LogP contribution < -0.4 is 0 Å². The number of carbonyl (C=O) groups is 2. The summed E-state index contributed by atoms with van der Waals surface area (Å²) in [4.78, 5) is 25.0. The van der Waals surface area contributed by atoms with Crippen LogP contribution in [0.25, 0.3) is 0 Å². The minimum Gasteiger partial charge on any atom is -0.480 e. The van der Waals surface area contributed by atoms with Gasteiger partial charge in [0.2, 0.25) is 5.91 Å². The van der Waals surface area contributed by atoms with E-state index in [0.29, 0.717) is 18.5 Å². The van der Waals surface area contributed by atoms with Crippen molar-refractivity contribution in [1.82, 2.24) is 4.90 Å². The third-order valence-corrected chi connectivity index (χ3v) is 4.40. The number of hydrogen-bond donors (Lipinski definition) is 1. The lowest BCUT2D eigenvalue weighted by Crippen LogP contribution is -2.48. The van der Waals surface area contributed by atoms with Crippen molar-refractivity contribution in [3.63, 3.8) is 0 Å². The number of aliphatic carboxylic acids is 1. The Labute approximate surface area is 138 Å². The molecule has 1 aromatic carbocycles. The van der Waals surface area contributed by atoms with E-state index in [1.54, 1.807) is 6.92 Å². The third kappa shape index (κ3) is 4.27. The zero-order valence-corrected chi connectivity index (χ0v) is 13.3. The van der Waals surface area contributed by atoms with Crippen LogP contribution in [-0.4, -0.2) is 34.5 Å². The number of nitrogens with zero attached hydrogens (tertiary/aromatic N) is 1. The maximum absolute atomic E-state index is 12.6. The highest BCUT2D eigenvalue weighted by atomic mass is 19.4. The fourth-order valence-electron chi connectivity index (χ4n) is 2.98. The maximum Gasteiger partial charge on any atom is 0.416 e. The second-order valence-electron chi connectivity index (χ2n) is 6.16. The summed E-state index contributed by atoms with van der Waals surface area (Å²) < 4.78 is 37.7. The molecule has 2 atom stereocenters. The summed E-state index contributed by atoms with van der Waals surface area (Å²) in [6, 6.07) is 3.93. The van der Waals surface area contributed by atoms with E-state index in [0.717, 1.165) is 25.0 Å². The number of carboxylic acid groups (broad SMARTS) is 1. The number of halogens is 3. The Morgan fingerprint density at radius 2 is 1.88 bits per heavy atom. The summed E-state index contributed by atoms with van der Waals surface area (Å²) in [5.74, 6) is -1.56. The van der Waals surface area contributed by atoms with Crippen LogP contribution in [-0.2, 0) is 15.8 Å². The quantitative estimate of drug-likeness (QED) is 0.908. The minimum atomic E-state index is -4.39. The summed E-state index contributed by atoms with van der Waals surface area (Å²) >= 11 is 0. The largest absolute Gasteiger partial charge is 0.480 e. The van der Waals surface area contributed by atoms with Gasteiger partial charge in [-0.05, 0) is 42.9 Å². The standard InChI is InChI=1S/C17H20F3NO3/c1-11(12-5-7-13(8-6-12)17(18,19)20)10-15(22)21-9-3-2-4-14(21)16(23)24/h5-8,11,14H,2-4,9-10H2,1H3,(H,23,24). The molecule has 7 heteroatoms. The van der Waals surface area contributed by atoms with E-state index in [2.05, 4.69) is 0 Å². The predicted molar refractivity (Wildman–Crippen MR) is 81.5 cm³/mol. The van der Waals surface area contributed by atoms with Crippen LogP contribution in [0.2, 0.25) is 0 Å². The topological polar surface area (TPSA) is 57.6 Å². The van der Waals surface area contributed by atoms with Crippen molar-refractivity contribution >= 4 is 11.9 Å². The second-order valence-corrected chi connectivity index (χ2v) is 6.16. The molecule has 1 saturated heterocycles. The maximum atomic E-state index is 12.6. The molecule has 4 nitrogen and oxygen atoms in total. The van der Waals surface area contributed by atoms with E-state index in [9.17, 15) is 27.9 Å². The van der Waals surface area contributed by atoms with Gasteiger partial charge in [-0.25, -0.2) is 4.79 Å². The summed E-state index contributed by atoms with van der Waals surface area (Å²) in [5.41, 5.74) is -0.105. The van der Waals surface area contributed by atoms with Crippen molar-refractivity contribution < 1.29 is 27.9 Å². The third-order valence-electron chi connectivity index (χ3n) is 4.40. The number of rotatable bonds is 4. The smallest absolute Gasteiger partial charge is 0.416 e. The summed E-state index contributed by atoms with van der Waals surface area (Å²) in [6.07, 6.45) is -2.33. The molecule has 1 N–H and O–H groups in total. The molecular weight excluding hydrogens is 323 g/mol. The Bertz CT molecular complexity index is 598. The Balaban J connectivity index is 2.04. The van der Waals surface area contributed by atoms with Gasteiger partial charge in [-0.2, -0.15) is 13.2 Å². The lowest BCUT2D eigenvalue weighted by atomic mass is 9.94. The molecule has 1 aliphatic rings. The Morgan fingerprint density at radius 3 is 2.42 bits per heavy atom. The fourth-order valence-corrected chi connectivity index (χ4v) is 2.98. The number of carbonyl (C=O) groups excluding carboxylic acids is 1. The van der Waals surface area contributed by atoms with E-state index in [1.165, 1.54) is 17.0 Å². The van der Waals surface area contributed by atoms with E-state index < -0.39 is 23.8 Å². The van der Waals surface area contributed by atoms with Crippen molar-refractivity contribution in [1.29, 1.82) is 0 Å². The molecule has 0 bridgehead atoms. The molecule has 0 saturated carbocycles. The first-order valence-corrected chi connectivity index (χ1v) is 7.89. The number of piperidine rings is 1.